The van der Waals surface area contributed by atoms with Gasteiger partial charge in [0.25, 0.3) is 20.0 Å². The molecule has 0 atom stereocenters. The predicted octanol–water partition coefficient (Wildman–Crippen LogP) is 4.25. The molecule has 32 heavy (non-hydrogen) atoms. The molecule has 3 aromatic carbocycles. The molecule has 0 radical (unpaired) electrons. The third-order valence-electron chi connectivity index (χ3n) is 5.14. The number of aryl methyl sites for hydroxylation is 3. The van der Waals surface area contributed by atoms with Crippen LogP contribution in [0.4, 0.5) is 11.4 Å². The van der Waals surface area contributed by atoms with Crippen LogP contribution in [0.2, 0.25) is 0 Å². The highest BCUT2D eigenvalue weighted by molar-refractivity contribution is 7.93. The quantitative estimate of drug-likeness (QED) is 0.553. The highest BCUT2D eigenvalue weighted by Crippen LogP contribution is 2.31. The van der Waals surface area contributed by atoms with E-state index in [1.54, 1.807) is 56.3 Å². The summed E-state index contributed by atoms with van der Waals surface area (Å²) in [6.07, 6.45) is 0. The molecule has 3 rings (SSSR count). The Balaban J connectivity index is 2.01. The minimum atomic E-state index is -3.96. The van der Waals surface area contributed by atoms with Crippen molar-refractivity contribution >= 4 is 31.4 Å². The van der Waals surface area contributed by atoms with Crippen LogP contribution >= 0.6 is 0 Å². The normalized spacial score (nSPS) is 11.8. The number of hydrogen-bond acceptors (Lipinski definition) is 5. The number of hydrogen-bond donors (Lipinski definition) is 1. The van der Waals surface area contributed by atoms with Gasteiger partial charge in [-0.3, -0.25) is 9.03 Å². The van der Waals surface area contributed by atoms with Crippen LogP contribution in [0.15, 0.2) is 70.5 Å². The Morgan fingerprint density at radius 1 is 0.812 bits per heavy atom. The molecule has 170 valence electrons. The molecule has 0 spiro atoms. The van der Waals surface area contributed by atoms with Crippen molar-refractivity contribution in [1.29, 1.82) is 0 Å². The van der Waals surface area contributed by atoms with Gasteiger partial charge in [-0.05, 0) is 74.4 Å². The van der Waals surface area contributed by atoms with Gasteiger partial charge in [-0.1, -0.05) is 23.8 Å². The molecule has 0 saturated heterocycles. The first kappa shape index (κ1) is 23.6. The second-order valence-corrected chi connectivity index (χ2v) is 11.1. The molecule has 1 N–H and O–H groups in total. The van der Waals surface area contributed by atoms with Crippen molar-refractivity contribution in [2.24, 2.45) is 0 Å². The molecule has 0 aromatic heterocycles. The summed E-state index contributed by atoms with van der Waals surface area (Å²) < 4.78 is 61.2. The fourth-order valence-corrected chi connectivity index (χ4v) is 5.88. The van der Waals surface area contributed by atoms with E-state index in [4.69, 9.17) is 4.74 Å². The van der Waals surface area contributed by atoms with Gasteiger partial charge < -0.3 is 4.74 Å². The Bertz CT molecular complexity index is 1330. The van der Waals surface area contributed by atoms with Gasteiger partial charge in [0.2, 0.25) is 0 Å². The van der Waals surface area contributed by atoms with Gasteiger partial charge in [0.15, 0.2) is 0 Å². The Labute approximate surface area is 189 Å². The number of ether oxygens (including phenoxy) is 1. The third kappa shape index (κ3) is 4.73. The molecular weight excluding hydrogens is 448 g/mol. The number of methoxy groups -OCH3 is 1. The minimum Gasteiger partial charge on any atom is -0.497 e. The lowest BCUT2D eigenvalue weighted by molar-refractivity contribution is 0.415. The molecule has 0 aliphatic heterocycles. The Morgan fingerprint density at radius 3 is 1.97 bits per heavy atom. The van der Waals surface area contributed by atoms with Crippen LogP contribution in [0.5, 0.6) is 5.75 Å². The number of anilines is 2. The summed E-state index contributed by atoms with van der Waals surface area (Å²) in [6, 6.07) is 16.0. The standard InChI is InChI=1S/C23H26N2O5S2/c1-16-6-12-21(13-7-16)32(28,29)25(4)22-15-23(18(3)14-17(22)2)31(26,27)24-19-8-10-20(30-5)11-9-19/h6-15,24H,1-5H3. The first-order chi connectivity index (χ1) is 15.0. The molecule has 3 aromatic rings. The summed E-state index contributed by atoms with van der Waals surface area (Å²) >= 11 is 0. The lowest BCUT2D eigenvalue weighted by Gasteiger charge is -2.23. The Hall–Kier alpha value is -3.04. The summed E-state index contributed by atoms with van der Waals surface area (Å²) in [5.74, 6) is 0.602. The molecule has 9 heteroatoms. The second-order valence-electron chi connectivity index (χ2n) is 7.52. The van der Waals surface area contributed by atoms with E-state index in [0.717, 1.165) is 9.87 Å². The molecule has 0 aliphatic carbocycles. The van der Waals surface area contributed by atoms with Gasteiger partial charge in [-0.25, -0.2) is 16.8 Å². The van der Waals surface area contributed by atoms with Crippen molar-refractivity contribution < 1.29 is 21.6 Å². The average molecular weight is 475 g/mol. The number of benzene rings is 3. The van der Waals surface area contributed by atoms with E-state index >= 15 is 0 Å². The van der Waals surface area contributed by atoms with Gasteiger partial charge in [0.05, 0.1) is 22.6 Å². The molecular formula is C23H26N2O5S2. The van der Waals surface area contributed by atoms with E-state index in [2.05, 4.69) is 4.72 Å². The van der Waals surface area contributed by atoms with Gasteiger partial charge in [-0.15, -0.1) is 0 Å². The zero-order valence-electron chi connectivity index (χ0n) is 18.6. The zero-order valence-corrected chi connectivity index (χ0v) is 20.2. The van der Waals surface area contributed by atoms with Crippen LogP contribution in [-0.2, 0) is 20.0 Å². The fraction of sp³-hybridized carbons (Fsp3) is 0.217. The molecule has 0 amide bonds. The highest BCUT2D eigenvalue weighted by Gasteiger charge is 2.26. The molecule has 0 bridgehead atoms. The first-order valence-corrected chi connectivity index (χ1v) is 12.7. The first-order valence-electron chi connectivity index (χ1n) is 9.79. The maximum atomic E-state index is 13.1. The molecule has 0 fully saturated rings. The van der Waals surface area contributed by atoms with E-state index in [1.807, 2.05) is 6.92 Å². The highest BCUT2D eigenvalue weighted by atomic mass is 32.2. The summed E-state index contributed by atoms with van der Waals surface area (Å²) in [5.41, 5.74) is 2.74. The van der Waals surface area contributed by atoms with E-state index in [0.29, 0.717) is 22.6 Å². The second kappa shape index (κ2) is 8.84. The predicted molar refractivity (Wildman–Crippen MR) is 126 cm³/mol. The minimum absolute atomic E-state index is 0.000117. The van der Waals surface area contributed by atoms with Crippen LogP contribution in [-0.4, -0.2) is 31.0 Å². The molecule has 0 heterocycles. The van der Waals surface area contributed by atoms with Crippen molar-refractivity contribution in [2.45, 2.75) is 30.6 Å². The van der Waals surface area contributed by atoms with Gasteiger partial charge in [0.1, 0.15) is 5.75 Å². The SMILES string of the molecule is COc1ccc(NS(=O)(=O)c2cc(N(C)S(=O)(=O)c3ccc(C)cc3)c(C)cc2C)cc1. The topological polar surface area (TPSA) is 92.8 Å². The summed E-state index contributed by atoms with van der Waals surface area (Å²) in [4.78, 5) is 0.131. The van der Waals surface area contributed by atoms with E-state index < -0.39 is 20.0 Å². The van der Waals surface area contributed by atoms with Crippen LogP contribution in [0.1, 0.15) is 16.7 Å². The van der Waals surface area contributed by atoms with Crippen LogP contribution in [0, 0.1) is 20.8 Å². The van der Waals surface area contributed by atoms with Gasteiger partial charge in [-0.2, -0.15) is 0 Å². The van der Waals surface area contributed by atoms with Gasteiger partial charge in [0, 0.05) is 12.7 Å². The molecule has 0 saturated carbocycles. The zero-order chi connectivity index (χ0) is 23.7. The summed E-state index contributed by atoms with van der Waals surface area (Å²) in [7, 11) is -4.89. The van der Waals surface area contributed by atoms with Crippen molar-refractivity contribution in [1.82, 2.24) is 0 Å². The lowest BCUT2D eigenvalue weighted by Crippen LogP contribution is -2.28. The van der Waals surface area contributed by atoms with Crippen molar-refractivity contribution in [3.63, 3.8) is 0 Å². The molecule has 0 unspecified atom stereocenters. The monoisotopic (exact) mass is 474 g/mol. The average Bonchev–Trinajstić information content (AvgIpc) is 2.73. The van der Waals surface area contributed by atoms with Crippen LogP contribution < -0.4 is 13.8 Å². The van der Waals surface area contributed by atoms with Crippen LogP contribution in [0.25, 0.3) is 0 Å². The molecule has 0 aliphatic rings. The Morgan fingerprint density at radius 2 is 1.41 bits per heavy atom. The number of rotatable bonds is 7. The van der Waals surface area contributed by atoms with Gasteiger partial charge >= 0.3 is 0 Å². The number of sulfonamides is 2. The maximum absolute atomic E-state index is 13.1. The smallest absolute Gasteiger partial charge is 0.264 e. The Kier molecular flexibility index (Phi) is 6.52. The van der Waals surface area contributed by atoms with Crippen molar-refractivity contribution in [3.8, 4) is 5.75 Å². The van der Waals surface area contributed by atoms with Crippen LogP contribution in [0.3, 0.4) is 0 Å². The van der Waals surface area contributed by atoms with Crippen molar-refractivity contribution in [3.05, 3.63) is 77.4 Å². The fourth-order valence-electron chi connectivity index (χ4n) is 3.32. The summed E-state index contributed by atoms with van der Waals surface area (Å²) in [6.45, 7) is 5.29. The third-order valence-corrected chi connectivity index (χ3v) is 8.45. The number of nitrogens with zero attached hydrogens (tertiary/aromatic N) is 1. The van der Waals surface area contributed by atoms with E-state index in [-0.39, 0.29) is 15.5 Å². The van der Waals surface area contributed by atoms with E-state index in [1.165, 1.54) is 32.4 Å². The lowest BCUT2D eigenvalue weighted by atomic mass is 10.1. The van der Waals surface area contributed by atoms with Crippen molar-refractivity contribution in [2.75, 3.05) is 23.2 Å². The largest absolute Gasteiger partial charge is 0.497 e. The maximum Gasteiger partial charge on any atom is 0.264 e. The summed E-state index contributed by atoms with van der Waals surface area (Å²) in [5, 5.41) is 0. The number of nitrogens with one attached hydrogen (secondary N) is 1. The van der Waals surface area contributed by atoms with E-state index in [9.17, 15) is 16.8 Å². The molecule has 7 nitrogen and oxygen atoms in total.